The minimum atomic E-state index is -1.04. The Morgan fingerprint density at radius 2 is 1.94 bits per heavy atom. The van der Waals surface area contributed by atoms with Gasteiger partial charge in [-0.05, 0) is 54.0 Å². The van der Waals surface area contributed by atoms with E-state index in [2.05, 4.69) is 30.1 Å². The van der Waals surface area contributed by atoms with E-state index in [4.69, 9.17) is 5.11 Å². The third-order valence-corrected chi connectivity index (χ3v) is 6.66. The molecule has 1 amide bonds. The van der Waals surface area contributed by atoms with Crippen LogP contribution in [-0.4, -0.2) is 53.2 Å². The quantitative estimate of drug-likeness (QED) is 0.606. The molecule has 0 radical (unpaired) electrons. The third-order valence-electron chi connectivity index (χ3n) is 6.66. The molecule has 166 valence electrons. The van der Waals surface area contributed by atoms with E-state index >= 15 is 0 Å². The van der Waals surface area contributed by atoms with Gasteiger partial charge in [-0.3, -0.25) is 9.59 Å². The maximum atomic E-state index is 12.8. The predicted octanol–water partition coefficient (Wildman–Crippen LogP) is 3.05. The van der Waals surface area contributed by atoms with Crippen molar-refractivity contribution < 1.29 is 19.8 Å². The molecule has 2 aromatic rings. The lowest BCUT2D eigenvalue weighted by atomic mass is 9.68. The van der Waals surface area contributed by atoms with Crippen molar-refractivity contribution >= 4 is 11.9 Å². The smallest absolute Gasteiger partial charge is 0.322 e. The van der Waals surface area contributed by atoms with Crippen molar-refractivity contribution in [3.05, 3.63) is 65.7 Å². The molecule has 6 nitrogen and oxygen atoms in total. The van der Waals surface area contributed by atoms with Gasteiger partial charge in [-0.25, -0.2) is 0 Å². The van der Waals surface area contributed by atoms with Gasteiger partial charge in [-0.2, -0.15) is 0 Å². The first-order valence-corrected chi connectivity index (χ1v) is 10.8. The minimum absolute atomic E-state index is 0.0459. The second-order valence-electron chi connectivity index (χ2n) is 8.88. The fraction of sp³-hybridized carbons (Fsp3) is 0.440. The Bertz CT molecular complexity index is 901. The molecule has 3 N–H and O–H groups in total. The van der Waals surface area contributed by atoms with Crippen LogP contribution in [-0.2, 0) is 21.4 Å². The lowest BCUT2D eigenvalue weighted by Crippen LogP contribution is -2.50. The number of nitrogens with zero attached hydrogens (tertiary/aromatic N) is 1. The van der Waals surface area contributed by atoms with Crippen LogP contribution in [0, 0.1) is 11.8 Å². The number of piperidine rings is 1. The number of carbonyl (C=O) groups excluding carboxylic acids is 1. The van der Waals surface area contributed by atoms with Crippen molar-refractivity contribution in [1.82, 2.24) is 10.2 Å². The van der Waals surface area contributed by atoms with Crippen LogP contribution in [0.5, 0.6) is 5.75 Å². The molecule has 1 fully saturated rings. The number of amides is 1. The van der Waals surface area contributed by atoms with E-state index in [1.165, 1.54) is 0 Å². The molecule has 0 aliphatic carbocycles. The summed E-state index contributed by atoms with van der Waals surface area (Å²) in [6, 6.07) is 17.3. The Morgan fingerprint density at radius 3 is 2.58 bits per heavy atom. The van der Waals surface area contributed by atoms with E-state index in [0.717, 1.165) is 30.6 Å². The average Bonchev–Trinajstić information content (AvgIpc) is 2.75. The van der Waals surface area contributed by atoms with Crippen LogP contribution >= 0.6 is 0 Å². The summed E-state index contributed by atoms with van der Waals surface area (Å²) in [4.78, 5) is 26.0. The highest BCUT2D eigenvalue weighted by atomic mass is 16.4. The lowest BCUT2D eigenvalue weighted by molar-refractivity contribution is -0.138. The summed E-state index contributed by atoms with van der Waals surface area (Å²) in [7, 11) is 0. The summed E-state index contributed by atoms with van der Waals surface area (Å²) in [6.07, 6.45) is 1.49. The zero-order valence-electron chi connectivity index (χ0n) is 18.3. The standard InChI is InChI=1S/C25H32N2O4/c1-18-16-27(12-11-25(18,2)21-9-6-10-22(28)14-21)17-20(24(31)26-15-23(29)30)13-19-7-4-3-5-8-19/h3-10,14,18,20,28H,11-13,15-17H2,1-2H3,(H,26,31)(H,29,30)/t18-,20?,25+/m0/s1. The zero-order chi connectivity index (χ0) is 22.4. The van der Waals surface area contributed by atoms with E-state index in [1.54, 1.807) is 6.07 Å². The molecule has 0 saturated carbocycles. The molecule has 0 spiro atoms. The van der Waals surface area contributed by atoms with Gasteiger partial charge in [0.2, 0.25) is 5.91 Å². The molecular weight excluding hydrogens is 392 g/mol. The van der Waals surface area contributed by atoms with Gasteiger partial charge in [-0.15, -0.1) is 0 Å². The Kier molecular flexibility index (Phi) is 7.33. The molecule has 6 heteroatoms. The number of rotatable bonds is 8. The first-order valence-electron chi connectivity index (χ1n) is 10.8. The Labute approximate surface area is 183 Å². The highest BCUT2D eigenvalue weighted by Gasteiger charge is 2.39. The number of aromatic hydroxyl groups is 1. The number of hydrogen-bond donors (Lipinski definition) is 3. The van der Waals surface area contributed by atoms with Gasteiger partial charge >= 0.3 is 5.97 Å². The zero-order valence-corrected chi connectivity index (χ0v) is 18.3. The van der Waals surface area contributed by atoms with Crippen LogP contribution in [0.25, 0.3) is 0 Å². The highest BCUT2D eigenvalue weighted by molar-refractivity contribution is 5.83. The number of hydrogen-bond acceptors (Lipinski definition) is 4. The van der Waals surface area contributed by atoms with Gasteiger partial charge in [0.15, 0.2) is 0 Å². The molecular formula is C25H32N2O4. The molecule has 1 unspecified atom stereocenters. The summed E-state index contributed by atoms with van der Waals surface area (Å²) in [5.74, 6) is -0.964. The van der Waals surface area contributed by atoms with Crippen molar-refractivity contribution in [1.29, 1.82) is 0 Å². The highest BCUT2D eigenvalue weighted by Crippen LogP contribution is 2.40. The van der Waals surface area contributed by atoms with Crippen LogP contribution in [0.4, 0.5) is 0 Å². The first-order chi connectivity index (χ1) is 14.8. The summed E-state index contributed by atoms with van der Waals surface area (Å²) in [6.45, 7) is 6.35. The number of aliphatic carboxylic acids is 1. The van der Waals surface area contributed by atoms with E-state index in [-0.39, 0.29) is 29.5 Å². The second-order valence-corrected chi connectivity index (χ2v) is 8.88. The fourth-order valence-electron chi connectivity index (χ4n) is 4.53. The summed E-state index contributed by atoms with van der Waals surface area (Å²) >= 11 is 0. The van der Waals surface area contributed by atoms with Gasteiger partial charge in [0, 0.05) is 13.1 Å². The van der Waals surface area contributed by atoms with Crippen molar-refractivity contribution in [2.45, 2.75) is 32.1 Å². The minimum Gasteiger partial charge on any atom is -0.508 e. The normalized spacial score (nSPS) is 22.6. The van der Waals surface area contributed by atoms with E-state index in [1.807, 2.05) is 42.5 Å². The fourth-order valence-corrected chi connectivity index (χ4v) is 4.53. The molecule has 1 saturated heterocycles. The summed E-state index contributed by atoms with van der Waals surface area (Å²) < 4.78 is 0. The molecule has 0 bridgehead atoms. The molecule has 1 aliphatic heterocycles. The van der Waals surface area contributed by atoms with Crippen molar-refractivity contribution in [2.24, 2.45) is 11.8 Å². The summed E-state index contributed by atoms with van der Waals surface area (Å²) in [5.41, 5.74) is 2.16. The molecule has 0 aromatic heterocycles. The number of phenols is 1. The molecule has 1 aliphatic rings. The number of nitrogens with one attached hydrogen (secondary N) is 1. The molecule has 31 heavy (non-hydrogen) atoms. The SMILES string of the molecule is C[C@H]1CN(CC(Cc2ccccc2)C(=O)NCC(=O)O)CC[C@@]1(C)c1cccc(O)c1. The largest absolute Gasteiger partial charge is 0.508 e. The van der Waals surface area contributed by atoms with Gasteiger partial charge in [0.1, 0.15) is 12.3 Å². The Hall–Kier alpha value is -2.86. The Balaban J connectivity index is 1.69. The molecule has 1 heterocycles. The lowest BCUT2D eigenvalue weighted by Gasteiger charge is -2.45. The molecule has 3 atom stereocenters. The van der Waals surface area contributed by atoms with E-state index in [0.29, 0.717) is 18.9 Å². The number of benzene rings is 2. The number of carboxylic acid groups (broad SMARTS) is 1. The first kappa shape index (κ1) is 22.8. The van der Waals surface area contributed by atoms with Crippen molar-refractivity contribution in [3.8, 4) is 5.75 Å². The van der Waals surface area contributed by atoms with Crippen LogP contribution in [0.2, 0.25) is 0 Å². The number of carbonyl (C=O) groups is 2. The maximum absolute atomic E-state index is 12.8. The second kappa shape index (κ2) is 9.96. The molecule has 3 rings (SSSR count). The van der Waals surface area contributed by atoms with E-state index in [9.17, 15) is 14.7 Å². The monoisotopic (exact) mass is 424 g/mol. The molecule has 2 aromatic carbocycles. The average molecular weight is 425 g/mol. The van der Waals surface area contributed by atoms with Crippen LogP contribution < -0.4 is 5.32 Å². The van der Waals surface area contributed by atoms with Crippen LogP contribution in [0.1, 0.15) is 31.4 Å². The van der Waals surface area contributed by atoms with Crippen molar-refractivity contribution in [2.75, 3.05) is 26.2 Å². The summed E-state index contributed by atoms with van der Waals surface area (Å²) in [5, 5.41) is 21.4. The third kappa shape index (κ3) is 5.85. The van der Waals surface area contributed by atoms with Crippen LogP contribution in [0.3, 0.4) is 0 Å². The maximum Gasteiger partial charge on any atom is 0.322 e. The van der Waals surface area contributed by atoms with Gasteiger partial charge < -0.3 is 20.4 Å². The number of phenolic OH excluding ortho intramolecular Hbond substituents is 1. The number of likely N-dealkylation sites (tertiary alicyclic amines) is 1. The van der Waals surface area contributed by atoms with Crippen LogP contribution in [0.15, 0.2) is 54.6 Å². The predicted molar refractivity (Wildman–Crippen MR) is 120 cm³/mol. The van der Waals surface area contributed by atoms with Gasteiger partial charge in [0.05, 0.1) is 5.92 Å². The van der Waals surface area contributed by atoms with Gasteiger partial charge in [0.25, 0.3) is 0 Å². The Morgan fingerprint density at radius 1 is 1.19 bits per heavy atom. The van der Waals surface area contributed by atoms with E-state index < -0.39 is 5.97 Å². The number of carboxylic acids is 1. The van der Waals surface area contributed by atoms with Gasteiger partial charge in [-0.1, -0.05) is 56.3 Å². The topological polar surface area (TPSA) is 89.9 Å². The van der Waals surface area contributed by atoms with Crippen molar-refractivity contribution in [3.63, 3.8) is 0 Å².